The standard InChI is InChI=1S/C22H24N4O4/c1-14(27)26-17-7-5-16(6-8-17)18-11-21(25-13-24-18)23-12-15-9-19(28-2)22(30-4)20(10-15)29-3/h5-11,13H,12H2,1-4H3,(H,26,27)(H,23,24,25). The van der Waals surface area contributed by atoms with Crippen LogP contribution in [0.3, 0.4) is 0 Å². The third kappa shape index (κ3) is 4.96. The van der Waals surface area contributed by atoms with Crippen molar-refractivity contribution in [1.29, 1.82) is 0 Å². The molecule has 30 heavy (non-hydrogen) atoms. The molecule has 3 aromatic rings. The van der Waals surface area contributed by atoms with E-state index in [0.717, 1.165) is 22.5 Å². The third-order valence-electron chi connectivity index (χ3n) is 4.37. The molecule has 0 aliphatic carbocycles. The molecule has 1 heterocycles. The van der Waals surface area contributed by atoms with E-state index in [0.29, 0.717) is 29.6 Å². The Morgan fingerprint density at radius 2 is 1.60 bits per heavy atom. The van der Waals surface area contributed by atoms with E-state index < -0.39 is 0 Å². The van der Waals surface area contributed by atoms with Gasteiger partial charge in [-0.25, -0.2) is 9.97 Å². The Morgan fingerprint density at radius 3 is 2.17 bits per heavy atom. The van der Waals surface area contributed by atoms with Crippen LogP contribution in [0.15, 0.2) is 48.8 Å². The van der Waals surface area contributed by atoms with Gasteiger partial charge in [-0.05, 0) is 29.8 Å². The molecule has 0 atom stereocenters. The molecule has 0 saturated carbocycles. The molecule has 0 fully saturated rings. The van der Waals surface area contributed by atoms with Gasteiger partial charge in [0.05, 0.1) is 27.0 Å². The average molecular weight is 408 g/mol. The van der Waals surface area contributed by atoms with E-state index in [1.807, 2.05) is 42.5 Å². The summed E-state index contributed by atoms with van der Waals surface area (Å²) >= 11 is 0. The monoisotopic (exact) mass is 408 g/mol. The molecule has 8 nitrogen and oxygen atoms in total. The molecule has 2 aromatic carbocycles. The molecule has 0 radical (unpaired) electrons. The van der Waals surface area contributed by atoms with Gasteiger partial charge in [0.15, 0.2) is 11.5 Å². The fourth-order valence-electron chi connectivity index (χ4n) is 2.97. The van der Waals surface area contributed by atoms with Gasteiger partial charge in [-0.15, -0.1) is 0 Å². The van der Waals surface area contributed by atoms with Crippen molar-refractivity contribution in [3.63, 3.8) is 0 Å². The SMILES string of the molecule is COc1cc(CNc2cc(-c3ccc(NC(C)=O)cc3)ncn2)cc(OC)c1OC. The first kappa shape index (κ1) is 20.9. The Hall–Kier alpha value is -3.81. The highest BCUT2D eigenvalue weighted by molar-refractivity contribution is 5.88. The van der Waals surface area contributed by atoms with Crippen molar-refractivity contribution >= 4 is 17.4 Å². The van der Waals surface area contributed by atoms with E-state index in [4.69, 9.17) is 14.2 Å². The van der Waals surface area contributed by atoms with Gasteiger partial charge in [0.1, 0.15) is 12.1 Å². The summed E-state index contributed by atoms with van der Waals surface area (Å²) in [5.74, 6) is 2.31. The minimum Gasteiger partial charge on any atom is -0.493 e. The Morgan fingerprint density at radius 1 is 0.933 bits per heavy atom. The number of ether oxygens (including phenoxy) is 3. The van der Waals surface area contributed by atoms with Crippen LogP contribution in [0.5, 0.6) is 17.2 Å². The van der Waals surface area contributed by atoms with Crippen molar-refractivity contribution in [2.24, 2.45) is 0 Å². The molecule has 0 unspecified atom stereocenters. The van der Waals surface area contributed by atoms with Crippen LogP contribution in [0, 0.1) is 0 Å². The molecular weight excluding hydrogens is 384 g/mol. The number of amides is 1. The first-order valence-electron chi connectivity index (χ1n) is 9.27. The molecule has 156 valence electrons. The molecule has 2 N–H and O–H groups in total. The molecule has 1 aromatic heterocycles. The van der Waals surface area contributed by atoms with E-state index in [9.17, 15) is 4.79 Å². The molecule has 0 spiro atoms. The summed E-state index contributed by atoms with van der Waals surface area (Å²) in [6.45, 7) is 1.99. The van der Waals surface area contributed by atoms with E-state index in [2.05, 4.69) is 20.6 Å². The Kier molecular flexibility index (Phi) is 6.69. The molecule has 0 saturated heterocycles. The van der Waals surface area contributed by atoms with Crippen molar-refractivity contribution < 1.29 is 19.0 Å². The second-order valence-electron chi connectivity index (χ2n) is 6.43. The summed E-state index contributed by atoms with van der Waals surface area (Å²) in [4.78, 5) is 19.8. The summed E-state index contributed by atoms with van der Waals surface area (Å²) in [6, 6.07) is 13.1. The highest BCUT2D eigenvalue weighted by atomic mass is 16.5. The number of benzene rings is 2. The predicted octanol–water partition coefficient (Wildman–Crippen LogP) is 3.74. The van der Waals surface area contributed by atoms with Crippen LogP contribution < -0.4 is 24.8 Å². The zero-order valence-electron chi connectivity index (χ0n) is 17.4. The van der Waals surface area contributed by atoms with Gasteiger partial charge in [0, 0.05) is 30.8 Å². The fourth-order valence-corrected chi connectivity index (χ4v) is 2.97. The maximum absolute atomic E-state index is 11.2. The molecule has 0 aliphatic heterocycles. The lowest BCUT2D eigenvalue weighted by atomic mass is 10.1. The number of hydrogen-bond donors (Lipinski definition) is 2. The van der Waals surface area contributed by atoms with E-state index in [-0.39, 0.29) is 5.91 Å². The smallest absolute Gasteiger partial charge is 0.221 e. The normalized spacial score (nSPS) is 10.3. The highest BCUT2D eigenvalue weighted by Crippen LogP contribution is 2.38. The van der Waals surface area contributed by atoms with Crippen LogP contribution in [0.4, 0.5) is 11.5 Å². The van der Waals surface area contributed by atoms with Crippen LogP contribution >= 0.6 is 0 Å². The minimum absolute atomic E-state index is 0.108. The number of nitrogens with zero attached hydrogens (tertiary/aromatic N) is 2. The van der Waals surface area contributed by atoms with E-state index in [1.54, 1.807) is 21.3 Å². The maximum atomic E-state index is 11.2. The Bertz CT molecular complexity index is 997. The first-order valence-corrected chi connectivity index (χ1v) is 9.27. The number of aromatic nitrogens is 2. The van der Waals surface area contributed by atoms with Gasteiger partial charge < -0.3 is 24.8 Å². The second-order valence-corrected chi connectivity index (χ2v) is 6.43. The van der Waals surface area contributed by atoms with Crippen molar-refractivity contribution in [2.75, 3.05) is 32.0 Å². The largest absolute Gasteiger partial charge is 0.493 e. The van der Waals surface area contributed by atoms with Crippen molar-refractivity contribution in [3.05, 3.63) is 54.4 Å². The maximum Gasteiger partial charge on any atom is 0.221 e. The third-order valence-corrected chi connectivity index (χ3v) is 4.37. The van der Waals surface area contributed by atoms with Gasteiger partial charge in [-0.1, -0.05) is 12.1 Å². The number of hydrogen-bond acceptors (Lipinski definition) is 7. The fraction of sp³-hybridized carbons (Fsp3) is 0.227. The lowest BCUT2D eigenvalue weighted by Crippen LogP contribution is -2.05. The summed E-state index contributed by atoms with van der Waals surface area (Å²) in [7, 11) is 4.74. The molecule has 3 rings (SSSR count). The van der Waals surface area contributed by atoms with Gasteiger partial charge >= 0.3 is 0 Å². The van der Waals surface area contributed by atoms with Gasteiger partial charge in [0.25, 0.3) is 0 Å². The summed E-state index contributed by atoms with van der Waals surface area (Å²) in [6.07, 6.45) is 1.51. The summed E-state index contributed by atoms with van der Waals surface area (Å²) in [5.41, 5.74) is 3.37. The van der Waals surface area contributed by atoms with Crippen LogP contribution in [0.25, 0.3) is 11.3 Å². The lowest BCUT2D eigenvalue weighted by Gasteiger charge is -2.14. The Balaban J connectivity index is 1.75. The zero-order chi connectivity index (χ0) is 21.5. The number of carbonyl (C=O) groups excluding carboxylic acids is 1. The first-order chi connectivity index (χ1) is 14.5. The predicted molar refractivity (Wildman–Crippen MR) is 115 cm³/mol. The average Bonchev–Trinajstić information content (AvgIpc) is 2.77. The van der Waals surface area contributed by atoms with Crippen molar-refractivity contribution in [1.82, 2.24) is 9.97 Å². The van der Waals surface area contributed by atoms with Crippen molar-refractivity contribution in [2.45, 2.75) is 13.5 Å². The highest BCUT2D eigenvalue weighted by Gasteiger charge is 2.13. The quantitative estimate of drug-likeness (QED) is 0.586. The number of methoxy groups -OCH3 is 3. The molecule has 0 bridgehead atoms. The molecular formula is C22H24N4O4. The number of rotatable bonds is 8. The van der Waals surface area contributed by atoms with Gasteiger partial charge in [0.2, 0.25) is 11.7 Å². The molecule has 1 amide bonds. The molecule has 0 aliphatic rings. The Labute approximate surface area is 175 Å². The van der Waals surface area contributed by atoms with Crippen molar-refractivity contribution in [3.8, 4) is 28.5 Å². The van der Waals surface area contributed by atoms with E-state index in [1.165, 1.54) is 13.3 Å². The van der Waals surface area contributed by atoms with Crippen LogP contribution in [-0.4, -0.2) is 37.2 Å². The van der Waals surface area contributed by atoms with Crippen LogP contribution in [0.2, 0.25) is 0 Å². The minimum atomic E-state index is -0.108. The topological polar surface area (TPSA) is 94.6 Å². The van der Waals surface area contributed by atoms with Crippen LogP contribution in [-0.2, 0) is 11.3 Å². The zero-order valence-corrected chi connectivity index (χ0v) is 17.4. The van der Waals surface area contributed by atoms with Gasteiger partial charge in [-0.2, -0.15) is 0 Å². The van der Waals surface area contributed by atoms with Gasteiger partial charge in [-0.3, -0.25) is 4.79 Å². The summed E-state index contributed by atoms with van der Waals surface area (Å²) < 4.78 is 16.2. The van der Waals surface area contributed by atoms with Crippen LogP contribution in [0.1, 0.15) is 12.5 Å². The number of anilines is 2. The molecule has 8 heteroatoms. The lowest BCUT2D eigenvalue weighted by molar-refractivity contribution is -0.114. The number of carbonyl (C=O) groups is 1. The number of nitrogens with one attached hydrogen (secondary N) is 2. The summed E-state index contributed by atoms with van der Waals surface area (Å²) in [5, 5.41) is 6.04. The second kappa shape index (κ2) is 9.60. The van der Waals surface area contributed by atoms with E-state index >= 15 is 0 Å².